The van der Waals surface area contributed by atoms with Gasteiger partial charge in [-0.15, -0.1) is 0 Å². The molecule has 0 aliphatic carbocycles. The fourth-order valence-electron chi connectivity index (χ4n) is 2.30. The molecule has 1 aliphatic heterocycles. The maximum absolute atomic E-state index is 12.3. The number of carbonyl (C=O) groups excluding carboxylic acids is 1. The van der Waals surface area contributed by atoms with E-state index in [4.69, 9.17) is 17.3 Å². The fraction of sp³-hybridized carbons (Fsp3) is 0.500. The summed E-state index contributed by atoms with van der Waals surface area (Å²) in [6.45, 7) is 2.90. The van der Waals surface area contributed by atoms with Crippen molar-refractivity contribution in [2.75, 3.05) is 12.3 Å². The Morgan fingerprint density at radius 2 is 2.47 bits per heavy atom. The van der Waals surface area contributed by atoms with E-state index in [-0.39, 0.29) is 5.91 Å². The first kappa shape index (κ1) is 12.2. The molecule has 5 heteroatoms. The molecule has 1 aliphatic rings. The molecule has 0 spiro atoms. The third-order valence-corrected chi connectivity index (χ3v) is 3.52. The van der Waals surface area contributed by atoms with Crippen LogP contribution in [0.15, 0.2) is 12.3 Å². The highest BCUT2D eigenvalue weighted by molar-refractivity contribution is 6.33. The molecule has 2 heterocycles. The average molecular weight is 254 g/mol. The maximum Gasteiger partial charge on any atom is 0.255 e. The Morgan fingerprint density at radius 3 is 3.18 bits per heavy atom. The Balaban J connectivity index is 2.27. The van der Waals surface area contributed by atoms with E-state index in [2.05, 4.69) is 11.9 Å². The zero-order chi connectivity index (χ0) is 12.4. The van der Waals surface area contributed by atoms with Crippen LogP contribution in [0.5, 0.6) is 0 Å². The van der Waals surface area contributed by atoms with Crippen LogP contribution in [-0.4, -0.2) is 28.4 Å². The average Bonchev–Trinajstić information content (AvgIpc) is 2.79. The third-order valence-electron chi connectivity index (χ3n) is 3.22. The Hall–Kier alpha value is -1.29. The number of amides is 1. The summed E-state index contributed by atoms with van der Waals surface area (Å²) in [5.74, 6) is 0.290. The molecule has 0 bridgehead atoms. The topological polar surface area (TPSA) is 59.2 Å². The summed E-state index contributed by atoms with van der Waals surface area (Å²) in [5, 5.41) is 0.367. The molecule has 1 aromatic rings. The summed E-state index contributed by atoms with van der Waals surface area (Å²) in [4.78, 5) is 18.1. The number of nitrogens with two attached hydrogens (primary N) is 1. The Bertz CT molecular complexity index is 436. The Labute approximate surface area is 106 Å². The summed E-state index contributed by atoms with van der Waals surface area (Å²) in [6.07, 6.45) is 4.54. The second-order valence-corrected chi connectivity index (χ2v) is 4.70. The van der Waals surface area contributed by atoms with Gasteiger partial charge in [0.2, 0.25) is 0 Å². The summed E-state index contributed by atoms with van der Waals surface area (Å²) in [5.41, 5.74) is 6.05. The van der Waals surface area contributed by atoms with E-state index in [1.807, 2.05) is 4.90 Å². The van der Waals surface area contributed by atoms with Crippen LogP contribution in [0, 0.1) is 0 Å². The van der Waals surface area contributed by atoms with E-state index in [1.165, 1.54) is 6.20 Å². The van der Waals surface area contributed by atoms with Crippen molar-refractivity contribution >= 4 is 23.3 Å². The molecule has 92 valence electrons. The van der Waals surface area contributed by atoms with Crippen LogP contribution < -0.4 is 5.73 Å². The molecular formula is C12H16ClN3O. The van der Waals surface area contributed by atoms with E-state index >= 15 is 0 Å². The van der Waals surface area contributed by atoms with Crippen molar-refractivity contribution < 1.29 is 4.79 Å². The van der Waals surface area contributed by atoms with Gasteiger partial charge in [-0.1, -0.05) is 18.5 Å². The molecule has 1 unspecified atom stereocenters. The lowest BCUT2D eigenvalue weighted by atomic mass is 10.1. The van der Waals surface area contributed by atoms with Gasteiger partial charge in [-0.2, -0.15) is 0 Å². The molecule has 17 heavy (non-hydrogen) atoms. The number of nitrogen functional groups attached to an aromatic ring is 1. The van der Waals surface area contributed by atoms with Crippen molar-refractivity contribution in [2.45, 2.75) is 32.2 Å². The molecular weight excluding hydrogens is 238 g/mol. The minimum Gasteiger partial charge on any atom is -0.384 e. The fourth-order valence-corrected chi connectivity index (χ4v) is 2.49. The lowest BCUT2D eigenvalue weighted by molar-refractivity contribution is 0.0734. The number of nitrogens with zero attached hydrogens (tertiary/aromatic N) is 2. The van der Waals surface area contributed by atoms with E-state index in [9.17, 15) is 4.79 Å². The second-order valence-electron chi connectivity index (χ2n) is 4.29. The van der Waals surface area contributed by atoms with Crippen LogP contribution >= 0.6 is 11.6 Å². The number of halogens is 1. The summed E-state index contributed by atoms with van der Waals surface area (Å²) >= 11 is 5.99. The largest absolute Gasteiger partial charge is 0.384 e. The van der Waals surface area contributed by atoms with Crippen LogP contribution in [0.4, 0.5) is 5.82 Å². The second kappa shape index (κ2) is 4.92. The standard InChI is InChI=1S/C12H16ClN3O/c1-2-8-4-3-5-16(8)12(17)9-6-11(14)15-7-10(9)13/h6-8H,2-5H2,1H3,(H2,14,15). The SMILES string of the molecule is CCC1CCCN1C(=O)c1cc(N)ncc1Cl. The van der Waals surface area contributed by atoms with Crippen molar-refractivity contribution in [3.05, 3.63) is 22.8 Å². The first-order chi connectivity index (χ1) is 8.13. The maximum atomic E-state index is 12.3. The highest BCUT2D eigenvalue weighted by Gasteiger charge is 2.29. The monoisotopic (exact) mass is 253 g/mol. The number of likely N-dealkylation sites (tertiary alicyclic amines) is 1. The molecule has 0 saturated carbocycles. The number of pyridine rings is 1. The van der Waals surface area contributed by atoms with Crippen molar-refractivity contribution in [3.8, 4) is 0 Å². The van der Waals surface area contributed by atoms with Gasteiger partial charge in [0.25, 0.3) is 5.91 Å². The number of rotatable bonds is 2. The minimum absolute atomic E-state index is 0.0338. The van der Waals surface area contributed by atoms with E-state index in [0.717, 1.165) is 25.8 Å². The van der Waals surface area contributed by atoms with E-state index < -0.39 is 0 Å². The number of anilines is 1. The first-order valence-corrected chi connectivity index (χ1v) is 6.23. The predicted molar refractivity (Wildman–Crippen MR) is 68.0 cm³/mol. The molecule has 1 aromatic heterocycles. The number of carbonyl (C=O) groups is 1. The lowest BCUT2D eigenvalue weighted by Crippen LogP contribution is -2.35. The predicted octanol–water partition coefficient (Wildman–Crippen LogP) is 2.33. The van der Waals surface area contributed by atoms with Crippen LogP contribution in [0.1, 0.15) is 36.5 Å². The molecule has 4 nitrogen and oxygen atoms in total. The first-order valence-electron chi connectivity index (χ1n) is 5.85. The zero-order valence-electron chi connectivity index (χ0n) is 9.82. The van der Waals surface area contributed by atoms with Gasteiger partial charge in [0.15, 0.2) is 0 Å². The molecule has 0 aromatic carbocycles. The van der Waals surface area contributed by atoms with Gasteiger partial charge in [-0.05, 0) is 25.3 Å². The molecule has 1 saturated heterocycles. The van der Waals surface area contributed by atoms with Gasteiger partial charge in [-0.25, -0.2) is 4.98 Å². The Kier molecular flexibility index (Phi) is 3.52. The highest BCUT2D eigenvalue weighted by Crippen LogP contribution is 2.25. The molecule has 2 rings (SSSR count). The van der Waals surface area contributed by atoms with E-state index in [1.54, 1.807) is 6.07 Å². The van der Waals surface area contributed by atoms with Crippen LogP contribution in [0.3, 0.4) is 0 Å². The van der Waals surface area contributed by atoms with Gasteiger partial charge in [0, 0.05) is 18.8 Å². The van der Waals surface area contributed by atoms with Crippen LogP contribution in [-0.2, 0) is 0 Å². The summed E-state index contributed by atoms with van der Waals surface area (Å²) in [6, 6.07) is 1.88. The van der Waals surface area contributed by atoms with Crippen molar-refractivity contribution in [1.82, 2.24) is 9.88 Å². The molecule has 1 atom stereocenters. The molecule has 1 amide bonds. The lowest BCUT2D eigenvalue weighted by Gasteiger charge is -2.24. The molecule has 2 N–H and O–H groups in total. The quantitative estimate of drug-likeness (QED) is 0.880. The number of hydrogen-bond donors (Lipinski definition) is 1. The molecule has 0 radical (unpaired) electrons. The number of aromatic nitrogens is 1. The Morgan fingerprint density at radius 1 is 1.71 bits per heavy atom. The van der Waals surface area contributed by atoms with Crippen molar-refractivity contribution in [3.63, 3.8) is 0 Å². The number of hydrogen-bond acceptors (Lipinski definition) is 3. The molecule has 1 fully saturated rings. The minimum atomic E-state index is -0.0338. The van der Waals surface area contributed by atoms with Crippen molar-refractivity contribution in [2.24, 2.45) is 0 Å². The summed E-state index contributed by atoms with van der Waals surface area (Å²) in [7, 11) is 0. The highest BCUT2D eigenvalue weighted by atomic mass is 35.5. The van der Waals surface area contributed by atoms with Crippen LogP contribution in [0.25, 0.3) is 0 Å². The van der Waals surface area contributed by atoms with E-state index in [0.29, 0.717) is 22.4 Å². The van der Waals surface area contributed by atoms with Gasteiger partial charge in [-0.3, -0.25) is 4.79 Å². The van der Waals surface area contributed by atoms with Gasteiger partial charge in [0.1, 0.15) is 5.82 Å². The van der Waals surface area contributed by atoms with Crippen LogP contribution in [0.2, 0.25) is 5.02 Å². The van der Waals surface area contributed by atoms with Gasteiger partial charge in [0.05, 0.1) is 10.6 Å². The van der Waals surface area contributed by atoms with Gasteiger partial charge >= 0.3 is 0 Å². The van der Waals surface area contributed by atoms with Gasteiger partial charge < -0.3 is 10.6 Å². The third kappa shape index (κ3) is 2.36. The zero-order valence-corrected chi connectivity index (χ0v) is 10.6. The smallest absolute Gasteiger partial charge is 0.255 e. The summed E-state index contributed by atoms with van der Waals surface area (Å²) < 4.78 is 0. The normalized spacial score (nSPS) is 19.6. The van der Waals surface area contributed by atoms with Crippen molar-refractivity contribution in [1.29, 1.82) is 0 Å².